The lowest BCUT2D eigenvalue weighted by molar-refractivity contribution is 0.0526. The number of nitrogens with one attached hydrogen (secondary N) is 3. The molecule has 2 fully saturated rings. The van der Waals surface area contributed by atoms with Gasteiger partial charge in [0.05, 0.1) is 13.2 Å². The van der Waals surface area contributed by atoms with E-state index in [0.717, 1.165) is 31.9 Å². The lowest BCUT2D eigenvalue weighted by atomic mass is 9.94. The summed E-state index contributed by atoms with van der Waals surface area (Å²) in [5.74, 6) is 0.637. The number of amides is 1. The fourth-order valence-corrected chi connectivity index (χ4v) is 3.71. The molecule has 3 atom stereocenters. The largest absolute Gasteiger partial charge is 0.379 e. The number of morpholine rings is 1. The minimum atomic E-state index is -0.00211. The van der Waals surface area contributed by atoms with E-state index in [-0.39, 0.29) is 18.3 Å². The zero-order chi connectivity index (χ0) is 15.9. The highest BCUT2D eigenvalue weighted by Crippen LogP contribution is 2.29. The first-order valence-electron chi connectivity index (χ1n) is 8.72. The second-order valence-corrected chi connectivity index (χ2v) is 6.41. The van der Waals surface area contributed by atoms with Crippen molar-refractivity contribution in [1.82, 2.24) is 16.0 Å². The minimum Gasteiger partial charge on any atom is -0.379 e. The fraction of sp³-hybridized carbons (Fsp3) is 0.611. The van der Waals surface area contributed by atoms with Crippen LogP contribution in [0.1, 0.15) is 29.6 Å². The highest BCUT2D eigenvalue weighted by molar-refractivity contribution is 5.94. The Labute approximate surface area is 150 Å². The summed E-state index contributed by atoms with van der Waals surface area (Å²) in [5.41, 5.74) is 0.717. The average molecular weight is 354 g/mol. The number of hydrogen-bond donors (Lipinski definition) is 3. The van der Waals surface area contributed by atoms with Gasteiger partial charge in [-0.05, 0) is 30.9 Å². The highest BCUT2D eigenvalue weighted by atomic mass is 35.5. The van der Waals surface area contributed by atoms with Crippen molar-refractivity contribution in [3.8, 4) is 0 Å². The maximum atomic E-state index is 12.0. The second kappa shape index (κ2) is 9.99. The summed E-state index contributed by atoms with van der Waals surface area (Å²) in [6, 6.07) is 10.4. The molecule has 1 aromatic carbocycles. The molecule has 0 aromatic heterocycles. The second-order valence-electron chi connectivity index (χ2n) is 6.41. The van der Waals surface area contributed by atoms with Crippen LogP contribution < -0.4 is 16.0 Å². The maximum Gasteiger partial charge on any atom is 0.251 e. The van der Waals surface area contributed by atoms with Gasteiger partial charge < -0.3 is 20.7 Å². The first-order valence-corrected chi connectivity index (χ1v) is 8.72. The average Bonchev–Trinajstić information content (AvgIpc) is 3.08. The van der Waals surface area contributed by atoms with Crippen molar-refractivity contribution in [3.05, 3.63) is 35.9 Å². The van der Waals surface area contributed by atoms with Crippen LogP contribution in [0.15, 0.2) is 30.3 Å². The van der Waals surface area contributed by atoms with E-state index >= 15 is 0 Å². The number of benzene rings is 1. The molecule has 2 aliphatic rings. The summed E-state index contributed by atoms with van der Waals surface area (Å²) in [6.45, 7) is 4.08. The van der Waals surface area contributed by atoms with Crippen LogP contribution in [0.4, 0.5) is 0 Å². The number of carbonyl (C=O) groups excluding carboxylic acids is 1. The Kier molecular flexibility index (Phi) is 7.99. The molecule has 1 heterocycles. The third-order valence-electron chi connectivity index (χ3n) is 4.89. The summed E-state index contributed by atoms with van der Waals surface area (Å²) in [4.78, 5) is 12.0. The van der Waals surface area contributed by atoms with E-state index in [9.17, 15) is 4.79 Å². The van der Waals surface area contributed by atoms with Gasteiger partial charge in [0.1, 0.15) is 0 Å². The van der Waals surface area contributed by atoms with Gasteiger partial charge in [0.25, 0.3) is 5.91 Å². The van der Waals surface area contributed by atoms with Gasteiger partial charge in [-0.3, -0.25) is 4.79 Å². The number of carbonyl (C=O) groups is 1. The smallest absolute Gasteiger partial charge is 0.251 e. The normalized spacial score (nSPS) is 26.6. The molecule has 5 nitrogen and oxygen atoms in total. The minimum absolute atomic E-state index is 0. The molecule has 24 heavy (non-hydrogen) atoms. The molecular weight excluding hydrogens is 326 g/mol. The van der Waals surface area contributed by atoms with Gasteiger partial charge in [-0.15, -0.1) is 12.4 Å². The quantitative estimate of drug-likeness (QED) is 0.680. The van der Waals surface area contributed by atoms with E-state index in [2.05, 4.69) is 16.0 Å². The number of hydrogen-bond acceptors (Lipinski definition) is 4. The van der Waals surface area contributed by atoms with Gasteiger partial charge >= 0.3 is 0 Å². The van der Waals surface area contributed by atoms with E-state index in [0.29, 0.717) is 24.5 Å². The van der Waals surface area contributed by atoms with Crippen LogP contribution in [0.3, 0.4) is 0 Å². The zero-order valence-electron chi connectivity index (χ0n) is 14.0. The van der Waals surface area contributed by atoms with E-state index < -0.39 is 0 Å². The Balaban J connectivity index is 0.00000208. The van der Waals surface area contributed by atoms with Gasteiger partial charge in [0, 0.05) is 37.3 Å². The van der Waals surface area contributed by atoms with E-state index in [1.807, 2.05) is 30.3 Å². The molecule has 3 unspecified atom stereocenters. The molecule has 1 amide bonds. The first-order chi connectivity index (χ1) is 11.3. The molecule has 1 saturated heterocycles. The Bertz CT molecular complexity index is 494. The lowest BCUT2D eigenvalue weighted by Gasteiger charge is -2.33. The molecule has 0 spiro atoms. The Morgan fingerprint density at radius 1 is 1.21 bits per heavy atom. The highest BCUT2D eigenvalue weighted by Gasteiger charge is 2.34. The van der Waals surface area contributed by atoms with Crippen molar-refractivity contribution in [1.29, 1.82) is 0 Å². The third kappa shape index (κ3) is 5.18. The molecule has 0 radical (unpaired) electrons. The van der Waals surface area contributed by atoms with Crippen LogP contribution in [0.2, 0.25) is 0 Å². The maximum absolute atomic E-state index is 12.0. The van der Waals surface area contributed by atoms with Gasteiger partial charge in [-0.2, -0.15) is 0 Å². The van der Waals surface area contributed by atoms with E-state index in [1.165, 1.54) is 19.3 Å². The predicted octanol–water partition coefficient (Wildman–Crippen LogP) is 1.58. The number of ether oxygens (including phenoxy) is 1. The molecule has 134 valence electrons. The van der Waals surface area contributed by atoms with Crippen molar-refractivity contribution < 1.29 is 9.53 Å². The van der Waals surface area contributed by atoms with Crippen molar-refractivity contribution >= 4 is 18.3 Å². The van der Waals surface area contributed by atoms with Crippen LogP contribution in [-0.2, 0) is 4.74 Å². The summed E-state index contributed by atoms with van der Waals surface area (Å²) < 4.78 is 5.60. The van der Waals surface area contributed by atoms with Crippen molar-refractivity contribution in [3.63, 3.8) is 0 Å². The molecule has 1 aliphatic heterocycles. The molecule has 1 aromatic rings. The molecule has 3 N–H and O–H groups in total. The summed E-state index contributed by atoms with van der Waals surface area (Å²) in [5, 5.41) is 10.2. The van der Waals surface area contributed by atoms with E-state index in [4.69, 9.17) is 4.74 Å². The van der Waals surface area contributed by atoms with Crippen molar-refractivity contribution in [2.75, 3.05) is 32.8 Å². The monoisotopic (exact) mass is 353 g/mol. The number of halogens is 1. The third-order valence-corrected chi connectivity index (χ3v) is 4.89. The molecule has 0 bridgehead atoms. The van der Waals surface area contributed by atoms with Crippen LogP contribution in [-0.4, -0.2) is 50.8 Å². The van der Waals surface area contributed by atoms with Crippen molar-refractivity contribution in [2.45, 2.75) is 31.3 Å². The van der Waals surface area contributed by atoms with Crippen LogP contribution >= 0.6 is 12.4 Å². The van der Waals surface area contributed by atoms with Crippen LogP contribution in [0.5, 0.6) is 0 Å². The van der Waals surface area contributed by atoms with Crippen LogP contribution in [0.25, 0.3) is 0 Å². The fourth-order valence-electron chi connectivity index (χ4n) is 3.71. The molecule has 6 heteroatoms. The molecule has 3 rings (SSSR count). The predicted molar refractivity (Wildman–Crippen MR) is 97.8 cm³/mol. The van der Waals surface area contributed by atoms with Gasteiger partial charge in [-0.1, -0.05) is 24.6 Å². The Morgan fingerprint density at radius 3 is 2.79 bits per heavy atom. The first kappa shape index (κ1) is 19.2. The van der Waals surface area contributed by atoms with Gasteiger partial charge in [-0.25, -0.2) is 0 Å². The number of rotatable bonds is 6. The Hall–Kier alpha value is -1.14. The lowest BCUT2D eigenvalue weighted by Crippen LogP contribution is -2.51. The molecule has 1 saturated carbocycles. The van der Waals surface area contributed by atoms with E-state index in [1.54, 1.807) is 0 Å². The topological polar surface area (TPSA) is 62.4 Å². The summed E-state index contributed by atoms with van der Waals surface area (Å²) in [6.07, 6.45) is 3.75. The SMILES string of the molecule is Cl.O=C(NCCNC1CCCC1C1COCCN1)c1ccccc1. The van der Waals surface area contributed by atoms with Gasteiger partial charge in [0.15, 0.2) is 0 Å². The Morgan fingerprint density at radius 2 is 2.04 bits per heavy atom. The zero-order valence-corrected chi connectivity index (χ0v) is 14.8. The molecule has 1 aliphatic carbocycles. The molecular formula is C18H28ClN3O2. The standard InChI is InChI=1S/C18H27N3O2.ClH/c22-18(14-5-2-1-3-6-14)21-10-9-19-16-8-4-7-15(16)17-13-23-12-11-20-17;/h1-3,5-6,15-17,19-20H,4,7-13H2,(H,21,22);1H. The summed E-state index contributed by atoms with van der Waals surface area (Å²) in [7, 11) is 0. The van der Waals surface area contributed by atoms with Gasteiger partial charge in [0.2, 0.25) is 0 Å². The summed E-state index contributed by atoms with van der Waals surface area (Å²) >= 11 is 0. The van der Waals surface area contributed by atoms with Crippen molar-refractivity contribution in [2.24, 2.45) is 5.92 Å². The van der Waals surface area contributed by atoms with Crippen LogP contribution in [0, 0.1) is 5.92 Å².